The van der Waals surface area contributed by atoms with E-state index in [0.717, 1.165) is 12.8 Å². The van der Waals surface area contributed by atoms with Crippen molar-refractivity contribution in [1.29, 1.82) is 0 Å². The van der Waals surface area contributed by atoms with Crippen LogP contribution in [-0.4, -0.2) is 11.1 Å². The Morgan fingerprint density at radius 3 is 0.421 bits per heavy atom. The molecule has 0 aliphatic heterocycles. The number of unbranched alkanes of at least 4 members (excludes halogenated alkanes) is 51. The molecule has 0 aromatic carbocycles. The quantitative estimate of drug-likeness (QED) is 0.0622. The van der Waals surface area contributed by atoms with E-state index in [0.29, 0.717) is 6.42 Å². The lowest BCUT2D eigenvalue weighted by Crippen LogP contribution is -1.93. The van der Waals surface area contributed by atoms with Gasteiger partial charge in [-0.2, -0.15) is 0 Å². The molecule has 342 valence electrons. The van der Waals surface area contributed by atoms with Gasteiger partial charge in [0.15, 0.2) is 0 Å². The smallest absolute Gasteiger partial charge is 0.303 e. The van der Waals surface area contributed by atoms with Crippen LogP contribution < -0.4 is 0 Å². The Balaban J connectivity index is 3.06. The molecule has 0 unspecified atom stereocenters. The van der Waals surface area contributed by atoms with E-state index in [4.69, 9.17) is 5.11 Å². The maximum Gasteiger partial charge on any atom is 0.303 e. The summed E-state index contributed by atoms with van der Waals surface area (Å²) in [4.78, 5) is 10.5. The van der Waals surface area contributed by atoms with E-state index in [9.17, 15) is 4.79 Å². The summed E-state index contributed by atoms with van der Waals surface area (Å²) < 4.78 is 0. The predicted molar refractivity (Wildman–Crippen MR) is 258 cm³/mol. The molecule has 0 heterocycles. The topological polar surface area (TPSA) is 37.3 Å². The molecule has 57 heavy (non-hydrogen) atoms. The second-order valence-electron chi connectivity index (χ2n) is 19.2. The Morgan fingerprint density at radius 1 is 0.211 bits per heavy atom. The van der Waals surface area contributed by atoms with Crippen LogP contribution in [0.3, 0.4) is 0 Å². The number of carboxylic acid groups (broad SMARTS) is 1. The minimum Gasteiger partial charge on any atom is -0.481 e. The molecule has 0 aromatic rings. The van der Waals surface area contributed by atoms with Gasteiger partial charge in [-0.1, -0.05) is 334 Å². The summed E-state index contributed by atoms with van der Waals surface area (Å²) >= 11 is 0. The van der Waals surface area contributed by atoms with Crippen LogP contribution in [0.4, 0.5) is 0 Å². The molecule has 2 heteroatoms. The highest BCUT2D eigenvalue weighted by molar-refractivity contribution is 5.66. The van der Waals surface area contributed by atoms with Crippen molar-refractivity contribution in [3.63, 3.8) is 0 Å². The number of aliphatic carboxylic acids is 1. The second-order valence-corrected chi connectivity index (χ2v) is 19.2. The van der Waals surface area contributed by atoms with Crippen LogP contribution in [0.25, 0.3) is 0 Å². The van der Waals surface area contributed by atoms with Crippen LogP contribution in [0, 0.1) is 0 Å². The normalized spacial score (nSPS) is 11.6. The molecular weight excluding hydrogens is 693 g/mol. The van der Waals surface area contributed by atoms with Crippen molar-refractivity contribution in [3.8, 4) is 0 Å². The first-order valence-corrected chi connectivity index (χ1v) is 27.5. The molecule has 0 fully saturated rings. The van der Waals surface area contributed by atoms with E-state index < -0.39 is 5.97 Å². The zero-order valence-corrected chi connectivity index (χ0v) is 39.8. The summed E-state index contributed by atoms with van der Waals surface area (Å²) in [6.45, 7) is 2.31. The highest BCUT2D eigenvalue weighted by Gasteiger charge is 2.00. The van der Waals surface area contributed by atoms with Crippen molar-refractivity contribution in [1.82, 2.24) is 0 Å². The maximum absolute atomic E-state index is 10.5. The SMILES string of the molecule is CCCCCCCCCCCCCCCCCCCCCCCCCCCCCCCCCCCCCCCCCCCCCCCCCCCCCCC(=O)O. The summed E-state index contributed by atoms with van der Waals surface area (Å²) in [7, 11) is 0. The summed E-state index contributed by atoms with van der Waals surface area (Å²) in [6.07, 6.45) is 75.3. The van der Waals surface area contributed by atoms with Crippen LogP contribution in [0.15, 0.2) is 0 Å². The van der Waals surface area contributed by atoms with Crippen LogP contribution in [0.1, 0.15) is 347 Å². The zero-order chi connectivity index (χ0) is 41.1. The van der Waals surface area contributed by atoms with Gasteiger partial charge in [0, 0.05) is 6.42 Å². The highest BCUT2D eigenvalue weighted by atomic mass is 16.4. The fourth-order valence-corrected chi connectivity index (χ4v) is 9.19. The molecular formula is C55H110O2. The Bertz CT molecular complexity index is 703. The maximum atomic E-state index is 10.5. The standard InChI is InChI=1S/C55H110O2/c1-2-3-4-5-6-7-8-9-10-11-12-13-14-15-16-17-18-19-20-21-22-23-24-25-26-27-28-29-30-31-32-33-34-35-36-37-38-39-40-41-42-43-44-45-46-47-48-49-50-51-52-53-54-55(56)57/h2-54H2,1H3,(H,56,57). The first-order valence-electron chi connectivity index (χ1n) is 27.5. The van der Waals surface area contributed by atoms with Gasteiger partial charge in [-0.05, 0) is 6.42 Å². The van der Waals surface area contributed by atoms with Gasteiger partial charge in [0.05, 0.1) is 0 Å². The van der Waals surface area contributed by atoms with Crippen molar-refractivity contribution >= 4 is 5.97 Å². The molecule has 0 atom stereocenters. The van der Waals surface area contributed by atoms with Gasteiger partial charge in [-0.3, -0.25) is 4.79 Å². The summed E-state index contributed by atoms with van der Waals surface area (Å²) in [5.74, 6) is -0.646. The summed E-state index contributed by atoms with van der Waals surface area (Å²) in [5.41, 5.74) is 0. The first kappa shape index (κ1) is 56.5. The van der Waals surface area contributed by atoms with Crippen molar-refractivity contribution in [2.75, 3.05) is 0 Å². The fraction of sp³-hybridized carbons (Fsp3) is 0.982. The highest BCUT2D eigenvalue weighted by Crippen LogP contribution is 2.19. The average Bonchev–Trinajstić information content (AvgIpc) is 3.21. The monoisotopic (exact) mass is 803 g/mol. The van der Waals surface area contributed by atoms with Crippen LogP contribution >= 0.6 is 0 Å². The summed E-state index contributed by atoms with van der Waals surface area (Å²) in [6, 6.07) is 0. The number of rotatable bonds is 53. The Kier molecular flexibility index (Phi) is 53.0. The van der Waals surface area contributed by atoms with Crippen LogP contribution in [-0.2, 0) is 4.79 Å². The molecule has 0 aliphatic carbocycles. The van der Waals surface area contributed by atoms with E-state index in [1.807, 2.05) is 0 Å². The minimum atomic E-state index is -0.646. The molecule has 0 amide bonds. The van der Waals surface area contributed by atoms with E-state index in [-0.39, 0.29) is 0 Å². The number of carbonyl (C=O) groups is 1. The molecule has 0 saturated carbocycles. The number of carboxylic acids is 1. The number of hydrogen-bond acceptors (Lipinski definition) is 1. The molecule has 0 bridgehead atoms. The van der Waals surface area contributed by atoms with Crippen LogP contribution in [0.2, 0.25) is 0 Å². The van der Waals surface area contributed by atoms with Gasteiger partial charge in [0.2, 0.25) is 0 Å². The fourth-order valence-electron chi connectivity index (χ4n) is 9.19. The van der Waals surface area contributed by atoms with Gasteiger partial charge in [-0.25, -0.2) is 0 Å². The van der Waals surface area contributed by atoms with Gasteiger partial charge in [-0.15, -0.1) is 0 Å². The lowest BCUT2D eigenvalue weighted by Gasteiger charge is -2.05. The molecule has 0 aromatic heterocycles. The summed E-state index contributed by atoms with van der Waals surface area (Å²) in [5, 5.41) is 8.67. The number of hydrogen-bond donors (Lipinski definition) is 1. The molecule has 1 N–H and O–H groups in total. The molecule has 0 rings (SSSR count). The van der Waals surface area contributed by atoms with Gasteiger partial charge in [0.1, 0.15) is 0 Å². The van der Waals surface area contributed by atoms with Crippen LogP contribution in [0.5, 0.6) is 0 Å². The lowest BCUT2D eigenvalue weighted by molar-refractivity contribution is -0.137. The van der Waals surface area contributed by atoms with Gasteiger partial charge < -0.3 is 5.11 Å². The molecule has 0 spiro atoms. The third kappa shape index (κ3) is 55.5. The largest absolute Gasteiger partial charge is 0.481 e. The van der Waals surface area contributed by atoms with Crippen molar-refractivity contribution in [2.24, 2.45) is 0 Å². The van der Waals surface area contributed by atoms with Crippen molar-refractivity contribution in [2.45, 2.75) is 347 Å². The third-order valence-electron chi connectivity index (χ3n) is 13.2. The zero-order valence-electron chi connectivity index (χ0n) is 39.8. The van der Waals surface area contributed by atoms with E-state index >= 15 is 0 Å². The Morgan fingerprint density at radius 2 is 0.316 bits per heavy atom. The molecule has 0 radical (unpaired) electrons. The first-order chi connectivity index (χ1) is 28.3. The van der Waals surface area contributed by atoms with Crippen molar-refractivity contribution in [3.05, 3.63) is 0 Å². The Labute approximate surface area is 361 Å². The van der Waals surface area contributed by atoms with E-state index in [2.05, 4.69) is 6.92 Å². The van der Waals surface area contributed by atoms with E-state index in [1.165, 1.54) is 321 Å². The third-order valence-corrected chi connectivity index (χ3v) is 13.2. The van der Waals surface area contributed by atoms with Gasteiger partial charge in [0.25, 0.3) is 0 Å². The lowest BCUT2D eigenvalue weighted by atomic mass is 10.0. The van der Waals surface area contributed by atoms with E-state index in [1.54, 1.807) is 0 Å². The van der Waals surface area contributed by atoms with Gasteiger partial charge >= 0.3 is 5.97 Å². The predicted octanol–water partition coefficient (Wildman–Crippen LogP) is 20.8. The molecule has 2 nitrogen and oxygen atoms in total. The average molecular weight is 803 g/mol. The molecule has 0 aliphatic rings. The Hall–Kier alpha value is -0.530. The minimum absolute atomic E-state index is 0.347. The molecule has 0 saturated heterocycles. The second kappa shape index (κ2) is 53.5. The van der Waals surface area contributed by atoms with Crippen molar-refractivity contribution < 1.29 is 9.90 Å².